The third-order valence-electron chi connectivity index (χ3n) is 5.64. The zero-order valence-corrected chi connectivity index (χ0v) is 17.1. The number of hydrogen-bond acceptors (Lipinski definition) is 4. The molecule has 1 saturated heterocycles. The van der Waals surface area contributed by atoms with Crippen LogP contribution in [0, 0.1) is 0 Å². The van der Waals surface area contributed by atoms with Gasteiger partial charge in [-0.1, -0.05) is 32.9 Å². The predicted octanol–water partition coefficient (Wildman–Crippen LogP) is 1.69. The maximum absolute atomic E-state index is 13.3. The van der Waals surface area contributed by atoms with E-state index in [2.05, 4.69) is 11.8 Å². The first-order chi connectivity index (χ1) is 13.5. The highest BCUT2D eigenvalue weighted by Gasteiger charge is 2.30. The van der Waals surface area contributed by atoms with Crippen molar-refractivity contribution in [2.24, 2.45) is 0 Å². The maximum Gasteiger partial charge on any atom is 0.332 e. The maximum atomic E-state index is 13.3. The second kappa shape index (κ2) is 8.73. The highest BCUT2D eigenvalue weighted by molar-refractivity contribution is 5.84. The summed E-state index contributed by atoms with van der Waals surface area (Å²) in [5.74, 6) is -0.0350. The van der Waals surface area contributed by atoms with Crippen LogP contribution in [0.5, 0.6) is 0 Å². The fraction of sp³-hybridized carbons (Fsp3) is 0.571. The standard InChI is InChI=1S/C21H30N4O3/c1-4-11-24-19(26)16-9-7-8-10-18(16)25(21(24)28)17(5-2)20(27)23-14-12-22(6-3)13-15-23/h7-10,17H,4-6,11-15H2,1-3H3. The van der Waals surface area contributed by atoms with Crippen LogP contribution < -0.4 is 11.2 Å². The van der Waals surface area contributed by atoms with Crippen molar-refractivity contribution in [3.8, 4) is 0 Å². The number of likely N-dealkylation sites (N-methyl/N-ethyl adjacent to an activating group) is 1. The minimum absolute atomic E-state index is 0.0350. The number of fused-ring (bicyclic) bond motifs is 1. The van der Waals surface area contributed by atoms with E-state index in [4.69, 9.17) is 0 Å². The number of benzene rings is 1. The molecular weight excluding hydrogens is 356 g/mol. The molecule has 2 heterocycles. The van der Waals surface area contributed by atoms with E-state index < -0.39 is 11.7 Å². The average Bonchev–Trinajstić information content (AvgIpc) is 2.73. The summed E-state index contributed by atoms with van der Waals surface area (Å²) in [6.45, 7) is 10.3. The molecule has 1 aromatic carbocycles. The van der Waals surface area contributed by atoms with Gasteiger partial charge in [-0.3, -0.25) is 18.7 Å². The molecule has 1 aromatic heterocycles. The van der Waals surface area contributed by atoms with Gasteiger partial charge in [-0.25, -0.2) is 4.79 Å². The van der Waals surface area contributed by atoms with E-state index in [9.17, 15) is 14.4 Å². The average molecular weight is 386 g/mol. The Kier molecular flexibility index (Phi) is 6.34. The van der Waals surface area contributed by atoms with E-state index >= 15 is 0 Å². The third-order valence-corrected chi connectivity index (χ3v) is 5.64. The van der Waals surface area contributed by atoms with Gasteiger partial charge in [-0.05, 0) is 31.5 Å². The highest BCUT2D eigenvalue weighted by atomic mass is 16.2. The first-order valence-electron chi connectivity index (χ1n) is 10.3. The zero-order chi connectivity index (χ0) is 20.3. The van der Waals surface area contributed by atoms with Crippen LogP contribution in [0.1, 0.15) is 39.7 Å². The molecular formula is C21H30N4O3. The summed E-state index contributed by atoms with van der Waals surface area (Å²) in [4.78, 5) is 43.5. The molecule has 152 valence electrons. The van der Waals surface area contributed by atoms with Gasteiger partial charge in [0.05, 0.1) is 10.9 Å². The summed E-state index contributed by atoms with van der Waals surface area (Å²) < 4.78 is 2.81. The summed E-state index contributed by atoms with van der Waals surface area (Å²) >= 11 is 0. The fourth-order valence-electron chi connectivity index (χ4n) is 4.01. The Hall–Kier alpha value is -2.41. The SMILES string of the molecule is CCCn1c(=O)c2ccccc2n(C(CC)C(=O)N2CCN(CC)CC2)c1=O. The van der Waals surface area contributed by atoms with Crippen LogP contribution in [0.2, 0.25) is 0 Å². The van der Waals surface area contributed by atoms with Crippen LogP contribution in [0.15, 0.2) is 33.9 Å². The summed E-state index contributed by atoms with van der Waals surface area (Å²) in [6.07, 6.45) is 1.18. The summed E-state index contributed by atoms with van der Waals surface area (Å²) in [6, 6.07) is 6.49. The molecule has 7 nitrogen and oxygen atoms in total. The Morgan fingerprint density at radius 3 is 2.32 bits per heavy atom. The van der Waals surface area contributed by atoms with E-state index in [1.165, 1.54) is 4.57 Å². The molecule has 1 aliphatic heterocycles. The van der Waals surface area contributed by atoms with Gasteiger partial charge in [0.1, 0.15) is 6.04 Å². The van der Waals surface area contributed by atoms with Gasteiger partial charge in [0, 0.05) is 32.7 Å². The third kappa shape index (κ3) is 3.63. The van der Waals surface area contributed by atoms with E-state index in [1.54, 1.807) is 28.8 Å². The number of carbonyl (C=O) groups excluding carboxylic acids is 1. The van der Waals surface area contributed by atoms with Crippen molar-refractivity contribution in [3.05, 3.63) is 45.1 Å². The molecule has 1 unspecified atom stereocenters. The van der Waals surface area contributed by atoms with Crippen molar-refractivity contribution in [2.75, 3.05) is 32.7 Å². The number of para-hydroxylation sites is 1. The molecule has 28 heavy (non-hydrogen) atoms. The number of hydrogen-bond donors (Lipinski definition) is 0. The molecule has 0 N–H and O–H groups in total. The molecule has 1 amide bonds. The van der Waals surface area contributed by atoms with Crippen LogP contribution in [-0.4, -0.2) is 57.6 Å². The van der Waals surface area contributed by atoms with E-state index in [0.717, 1.165) is 19.6 Å². The minimum Gasteiger partial charge on any atom is -0.338 e. The van der Waals surface area contributed by atoms with Gasteiger partial charge < -0.3 is 9.80 Å². The van der Waals surface area contributed by atoms with Crippen molar-refractivity contribution in [3.63, 3.8) is 0 Å². The van der Waals surface area contributed by atoms with Crippen LogP contribution in [-0.2, 0) is 11.3 Å². The molecule has 0 bridgehead atoms. The van der Waals surface area contributed by atoms with Gasteiger partial charge in [0.25, 0.3) is 5.56 Å². The smallest absolute Gasteiger partial charge is 0.332 e. The highest BCUT2D eigenvalue weighted by Crippen LogP contribution is 2.19. The summed E-state index contributed by atoms with van der Waals surface area (Å²) in [7, 11) is 0. The Labute approximate surface area is 165 Å². The molecule has 2 aromatic rings. The van der Waals surface area contributed by atoms with Crippen LogP contribution >= 0.6 is 0 Å². The Balaban J connectivity index is 2.08. The van der Waals surface area contributed by atoms with E-state index in [1.807, 2.05) is 18.7 Å². The zero-order valence-electron chi connectivity index (χ0n) is 17.1. The van der Waals surface area contributed by atoms with Gasteiger partial charge in [-0.15, -0.1) is 0 Å². The van der Waals surface area contributed by atoms with Gasteiger partial charge >= 0.3 is 5.69 Å². The van der Waals surface area contributed by atoms with Crippen molar-refractivity contribution in [2.45, 2.75) is 46.2 Å². The molecule has 7 heteroatoms. The lowest BCUT2D eigenvalue weighted by molar-refractivity contribution is -0.136. The topological polar surface area (TPSA) is 67.6 Å². The predicted molar refractivity (Wildman–Crippen MR) is 111 cm³/mol. The lowest BCUT2D eigenvalue weighted by Gasteiger charge is -2.36. The number of amides is 1. The number of carbonyl (C=O) groups is 1. The van der Waals surface area contributed by atoms with E-state index in [0.29, 0.717) is 43.4 Å². The first-order valence-corrected chi connectivity index (χ1v) is 10.3. The van der Waals surface area contributed by atoms with E-state index in [-0.39, 0.29) is 11.5 Å². The molecule has 0 spiro atoms. The van der Waals surface area contributed by atoms with Gasteiger partial charge in [0.15, 0.2) is 0 Å². The van der Waals surface area contributed by atoms with Crippen molar-refractivity contribution in [1.29, 1.82) is 0 Å². The Bertz CT molecular complexity index is 954. The first kappa shape index (κ1) is 20.3. The largest absolute Gasteiger partial charge is 0.338 e. The number of nitrogens with zero attached hydrogens (tertiary/aromatic N) is 4. The molecule has 0 saturated carbocycles. The van der Waals surface area contributed by atoms with Crippen molar-refractivity contribution >= 4 is 16.8 Å². The molecule has 0 aliphatic carbocycles. The number of aromatic nitrogens is 2. The summed E-state index contributed by atoms with van der Waals surface area (Å²) in [5, 5.41) is 0.484. The summed E-state index contributed by atoms with van der Waals surface area (Å²) in [5.41, 5.74) is -0.132. The number of rotatable bonds is 6. The molecule has 0 radical (unpaired) electrons. The van der Waals surface area contributed by atoms with Crippen molar-refractivity contribution < 1.29 is 4.79 Å². The second-order valence-electron chi connectivity index (χ2n) is 7.31. The normalized spacial score (nSPS) is 16.5. The fourth-order valence-corrected chi connectivity index (χ4v) is 4.01. The van der Waals surface area contributed by atoms with Crippen LogP contribution in [0.25, 0.3) is 10.9 Å². The monoisotopic (exact) mass is 386 g/mol. The quantitative estimate of drug-likeness (QED) is 0.758. The van der Waals surface area contributed by atoms with Crippen LogP contribution in [0.4, 0.5) is 0 Å². The molecule has 3 rings (SSSR count). The van der Waals surface area contributed by atoms with Crippen molar-refractivity contribution in [1.82, 2.24) is 18.9 Å². The van der Waals surface area contributed by atoms with Gasteiger partial charge in [0.2, 0.25) is 5.91 Å². The van der Waals surface area contributed by atoms with Gasteiger partial charge in [-0.2, -0.15) is 0 Å². The minimum atomic E-state index is -0.603. The molecule has 1 fully saturated rings. The van der Waals surface area contributed by atoms with Crippen LogP contribution in [0.3, 0.4) is 0 Å². The lowest BCUT2D eigenvalue weighted by Crippen LogP contribution is -2.52. The Morgan fingerprint density at radius 1 is 1.04 bits per heavy atom. The number of piperazine rings is 1. The molecule has 1 atom stereocenters. The lowest BCUT2D eigenvalue weighted by atomic mass is 10.1. The second-order valence-corrected chi connectivity index (χ2v) is 7.31. The molecule has 1 aliphatic rings. The Morgan fingerprint density at radius 2 is 1.71 bits per heavy atom.